The van der Waals surface area contributed by atoms with Gasteiger partial charge in [0.25, 0.3) is 10.2 Å². The molecular weight excluding hydrogens is 294 g/mol. The maximum Gasteiger partial charge on any atom is 0.282 e. The molecule has 0 saturated carbocycles. The van der Waals surface area contributed by atoms with Gasteiger partial charge in [-0.25, -0.2) is 0 Å². The minimum Gasteiger partial charge on any atom is -0.389 e. The number of nitrogens with zero attached hydrogens (tertiary/aromatic N) is 2. The number of benzene rings is 1. The van der Waals surface area contributed by atoms with Crippen LogP contribution in [0.15, 0.2) is 24.3 Å². The Morgan fingerprint density at radius 3 is 2.40 bits per heavy atom. The summed E-state index contributed by atoms with van der Waals surface area (Å²) in [5.41, 5.74) is 7.18. The predicted molar refractivity (Wildman–Crippen MR) is 85.6 cm³/mol. The average Bonchev–Trinajstić information content (AvgIpc) is 2.40. The Balaban J connectivity index is 2.93. The van der Waals surface area contributed by atoms with E-state index >= 15 is 0 Å². The van der Waals surface area contributed by atoms with Crippen molar-refractivity contribution in [2.75, 3.05) is 20.1 Å². The molecule has 0 spiro atoms. The van der Waals surface area contributed by atoms with Crippen LogP contribution in [0.3, 0.4) is 0 Å². The molecule has 112 valence electrons. The zero-order chi connectivity index (χ0) is 15.3. The fraction of sp³-hybridized carbons (Fsp3) is 0.462. The molecule has 0 fully saturated rings. The van der Waals surface area contributed by atoms with Crippen molar-refractivity contribution in [3.05, 3.63) is 35.4 Å². The molecule has 7 heteroatoms. The van der Waals surface area contributed by atoms with Gasteiger partial charge in [-0.15, -0.1) is 0 Å². The lowest BCUT2D eigenvalue weighted by molar-refractivity contribution is 0.375. The molecule has 0 aliphatic heterocycles. The standard InChI is InChI=1S/C13H21N3O2S2/c1-4-16(5-2)20(17,18)15(3)10-11-7-6-8-12(9-11)13(14)19/h6-9H,4-5,10H2,1-3H3,(H2,14,19). The third kappa shape index (κ3) is 3.99. The van der Waals surface area contributed by atoms with Crippen LogP contribution in [0.4, 0.5) is 0 Å². The maximum absolute atomic E-state index is 12.3. The van der Waals surface area contributed by atoms with Crippen LogP contribution in [-0.2, 0) is 16.8 Å². The first-order valence-corrected chi connectivity index (χ1v) is 8.23. The fourth-order valence-electron chi connectivity index (χ4n) is 1.91. The summed E-state index contributed by atoms with van der Waals surface area (Å²) < 4.78 is 27.4. The smallest absolute Gasteiger partial charge is 0.282 e. The van der Waals surface area contributed by atoms with Crippen molar-refractivity contribution < 1.29 is 8.42 Å². The molecular formula is C13H21N3O2S2. The van der Waals surface area contributed by atoms with Crippen molar-refractivity contribution in [1.29, 1.82) is 0 Å². The minimum absolute atomic E-state index is 0.287. The van der Waals surface area contributed by atoms with Crippen molar-refractivity contribution in [2.45, 2.75) is 20.4 Å². The van der Waals surface area contributed by atoms with Gasteiger partial charge in [0, 0.05) is 32.2 Å². The van der Waals surface area contributed by atoms with E-state index < -0.39 is 10.2 Å². The van der Waals surface area contributed by atoms with Crippen LogP contribution in [-0.4, -0.2) is 42.2 Å². The number of nitrogens with two attached hydrogens (primary N) is 1. The molecule has 0 aliphatic rings. The Labute approximate surface area is 126 Å². The van der Waals surface area contributed by atoms with Gasteiger partial charge in [-0.2, -0.15) is 17.0 Å². The largest absolute Gasteiger partial charge is 0.389 e. The zero-order valence-electron chi connectivity index (χ0n) is 12.0. The molecule has 20 heavy (non-hydrogen) atoms. The van der Waals surface area contributed by atoms with E-state index in [4.69, 9.17) is 18.0 Å². The molecule has 1 rings (SSSR count). The van der Waals surface area contributed by atoms with Crippen LogP contribution in [0.5, 0.6) is 0 Å². The summed E-state index contributed by atoms with van der Waals surface area (Å²) in [6.45, 7) is 4.84. The highest BCUT2D eigenvalue weighted by atomic mass is 32.2. The van der Waals surface area contributed by atoms with E-state index in [0.29, 0.717) is 18.1 Å². The molecule has 0 heterocycles. The van der Waals surface area contributed by atoms with Crippen molar-refractivity contribution in [1.82, 2.24) is 8.61 Å². The van der Waals surface area contributed by atoms with E-state index in [2.05, 4.69) is 0 Å². The van der Waals surface area contributed by atoms with Crippen molar-refractivity contribution in [3.8, 4) is 0 Å². The lowest BCUT2D eigenvalue weighted by Gasteiger charge is -2.25. The van der Waals surface area contributed by atoms with E-state index in [1.807, 2.05) is 38.1 Å². The van der Waals surface area contributed by atoms with Crippen molar-refractivity contribution >= 4 is 27.4 Å². The van der Waals surface area contributed by atoms with Crippen LogP contribution >= 0.6 is 12.2 Å². The summed E-state index contributed by atoms with van der Waals surface area (Å²) in [7, 11) is -1.86. The molecule has 0 saturated heterocycles. The third-order valence-corrected chi connectivity index (χ3v) is 5.36. The average molecular weight is 315 g/mol. The Kier molecular flexibility index (Phi) is 6.07. The molecule has 0 aliphatic carbocycles. The van der Waals surface area contributed by atoms with E-state index in [1.165, 1.54) is 8.61 Å². The number of hydrogen-bond acceptors (Lipinski definition) is 3. The van der Waals surface area contributed by atoms with Crippen LogP contribution in [0.2, 0.25) is 0 Å². The van der Waals surface area contributed by atoms with Crippen LogP contribution in [0.25, 0.3) is 0 Å². The van der Waals surface area contributed by atoms with E-state index in [9.17, 15) is 8.42 Å². The lowest BCUT2D eigenvalue weighted by atomic mass is 10.1. The SMILES string of the molecule is CCN(CC)S(=O)(=O)N(C)Cc1cccc(C(N)=S)c1. The van der Waals surface area contributed by atoms with Gasteiger partial charge in [0.05, 0.1) is 0 Å². The molecule has 2 N–H and O–H groups in total. The summed E-state index contributed by atoms with van der Waals surface area (Å²) in [5.74, 6) is 0. The fourth-order valence-corrected chi connectivity index (χ4v) is 3.39. The highest BCUT2D eigenvalue weighted by molar-refractivity contribution is 7.86. The Hall–Kier alpha value is -1.02. The zero-order valence-corrected chi connectivity index (χ0v) is 13.7. The molecule has 1 aromatic carbocycles. The molecule has 1 aromatic rings. The monoisotopic (exact) mass is 315 g/mol. The van der Waals surface area contributed by atoms with Gasteiger partial charge in [0.2, 0.25) is 0 Å². The normalized spacial score (nSPS) is 12.1. The minimum atomic E-state index is -3.43. The summed E-state index contributed by atoms with van der Waals surface area (Å²) in [5, 5.41) is 0. The quantitative estimate of drug-likeness (QED) is 0.771. The molecule has 5 nitrogen and oxygen atoms in total. The van der Waals surface area contributed by atoms with Gasteiger partial charge in [-0.3, -0.25) is 0 Å². The molecule has 0 unspecified atom stereocenters. The van der Waals surface area contributed by atoms with E-state index in [1.54, 1.807) is 7.05 Å². The molecule has 0 atom stereocenters. The van der Waals surface area contributed by atoms with Crippen LogP contribution < -0.4 is 5.73 Å². The molecule has 0 bridgehead atoms. The van der Waals surface area contributed by atoms with Gasteiger partial charge in [0.1, 0.15) is 4.99 Å². The van der Waals surface area contributed by atoms with Crippen LogP contribution in [0, 0.1) is 0 Å². The van der Waals surface area contributed by atoms with Gasteiger partial charge >= 0.3 is 0 Å². The Bertz CT molecular complexity index is 569. The first-order chi connectivity index (χ1) is 9.32. The second-order valence-electron chi connectivity index (χ2n) is 4.41. The molecule has 0 radical (unpaired) electrons. The summed E-state index contributed by atoms with van der Waals surface area (Å²) >= 11 is 4.93. The van der Waals surface area contributed by atoms with Gasteiger partial charge in [-0.05, 0) is 11.6 Å². The highest BCUT2D eigenvalue weighted by Gasteiger charge is 2.24. The molecule has 0 amide bonds. The number of rotatable bonds is 7. The van der Waals surface area contributed by atoms with E-state index in [0.717, 1.165) is 11.1 Å². The topological polar surface area (TPSA) is 66.6 Å². The summed E-state index contributed by atoms with van der Waals surface area (Å²) in [4.78, 5) is 0.307. The van der Waals surface area contributed by atoms with Crippen molar-refractivity contribution in [3.63, 3.8) is 0 Å². The highest BCUT2D eigenvalue weighted by Crippen LogP contribution is 2.12. The van der Waals surface area contributed by atoms with Crippen LogP contribution in [0.1, 0.15) is 25.0 Å². The first kappa shape index (κ1) is 17.0. The lowest BCUT2D eigenvalue weighted by Crippen LogP contribution is -2.41. The summed E-state index contributed by atoms with van der Waals surface area (Å²) in [6, 6.07) is 7.30. The third-order valence-electron chi connectivity index (χ3n) is 3.04. The van der Waals surface area contributed by atoms with Crippen molar-refractivity contribution in [2.24, 2.45) is 5.73 Å². The predicted octanol–water partition coefficient (Wildman–Crippen LogP) is 1.34. The summed E-state index contributed by atoms with van der Waals surface area (Å²) in [6.07, 6.45) is 0. The Morgan fingerprint density at radius 1 is 1.30 bits per heavy atom. The maximum atomic E-state index is 12.3. The van der Waals surface area contributed by atoms with E-state index in [-0.39, 0.29) is 6.54 Å². The molecule has 0 aromatic heterocycles. The first-order valence-electron chi connectivity index (χ1n) is 6.43. The second kappa shape index (κ2) is 7.12. The van der Waals surface area contributed by atoms with Gasteiger partial charge in [-0.1, -0.05) is 44.3 Å². The number of hydrogen-bond donors (Lipinski definition) is 1. The van der Waals surface area contributed by atoms with Gasteiger partial charge in [0.15, 0.2) is 0 Å². The van der Waals surface area contributed by atoms with Gasteiger partial charge < -0.3 is 5.73 Å². The second-order valence-corrected chi connectivity index (χ2v) is 6.89. The Morgan fingerprint density at radius 2 is 1.90 bits per heavy atom. The number of thiocarbonyl (C=S) groups is 1.